The highest BCUT2D eigenvalue weighted by Gasteiger charge is 2.18. The highest BCUT2D eigenvalue weighted by molar-refractivity contribution is 5.20. The third kappa shape index (κ3) is 4.83. The molecule has 0 N–H and O–H groups in total. The lowest BCUT2D eigenvalue weighted by atomic mass is 10.1. The average Bonchev–Trinajstić information content (AvgIpc) is 2.75. The first-order valence-corrected chi connectivity index (χ1v) is 10.6. The van der Waals surface area contributed by atoms with Crippen LogP contribution in [0.15, 0.2) is 65.5 Å². The summed E-state index contributed by atoms with van der Waals surface area (Å²) in [6, 6.07) is 21.1. The molecule has 1 aliphatic heterocycles. The normalized spacial score (nSPS) is 13.4. The maximum Gasteiger partial charge on any atom is 0.256 e. The molecule has 0 spiro atoms. The SMILES string of the molecule is Cc1nc2n(c(=O)c1CCN(Cc1ccccc1)Cc1ccccc1)CCCC2. The highest BCUT2D eigenvalue weighted by Crippen LogP contribution is 2.15. The summed E-state index contributed by atoms with van der Waals surface area (Å²) < 4.78 is 1.91. The number of hydrogen-bond donors (Lipinski definition) is 0. The Hall–Kier alpha value is -2.72. The third-order valence-electron chi connectivity index (χ3n) is 5.76. The standard InChI is InChI=1S/C25H29N3O/c1-20-23(25(29)28-16-9-8-14-24(28)26-20)15-17-27(18-21-10-4-2-5-11-21)19-22-12-6-3-7-13-22/h2-7,10-13H,8-9,14-19H2,1H3. The smallest absolute Gasteiger partial charge is 0.256 e. The zero-order chi connectivity index (χ0) is 20.1. The molecule has 0 bridgehead atoms. The van der Waals surface area contributed by atoms with E-state index < -0.39 is 0 Å². The molecular formula is C25H29N3O. The quantitative estimate of drug-likeness (QED) is 0.612. The highest BCUT2D eigenvalue weighted by atomic mass is 16.1. The Balaban J connectivity index is 1.54. The first-order valence-electron chi connectivity index (χ1n) is 10.6. The van der Waals surface area contributed by atoms with E-state index in [0.717, 1.165) is 68.9 Å². The van der Waals surface area contributed by atoms with Gasteiger partial charge < -0.3 is 0 Å². The van der Waals surface area contributed by atoms with Crippen molar-refractivity contribution in [1.82, 2.24) is 14.5 Å². The molecule has 0 amide bonds. The van der Waals surface area contributed by atoms with E-state index in [0.29, 0.717) is 0 Å². The van der Waals surface area contributed by atoms with Crippen LogP contribution in [0.5, 0.6) is 0 Å². The van der Waals surface area contributed by atoms with E-state index in [1.165, 1.54) is 11.1 Å². The van der Waals surface area contributed by atoms with Gasteiger partial charge in [0, 0.05) is 43.9 Å². The zero-order valence-corrected chi connectivity index (χ0v) is 17.2. The van der Waals surface area contributed by atoms with Crippen molar-refractivity contribution in [2.24, 2.45) is 0 Å². The van der Waals surface area contributed by atoms with Crippen LogP contribution in [0.4, 0.5) is 0 Å². The summed E-state index contributed by atoms with van der Waals surface area (Å²) in [5, 5.41) is 0. The summed E-state index contributed by atoms with van der Waals surface area (Å²) >= 11 is 0. The zero-order valence-electron chi connectivity index (χ0n) is 17.2. The Kier molecular flexibility index (Phi) is 6.20. The van der Waals surface area contributed by atoms with Gasteiger partial charge in [-0.05, 0) is 37.3 Å². The lowest BCUT2D eigenvalue weighted by molar-refractivity contribution is 0.259. The van der Waals surface area contributed by atoms with Crippen molar-refractivity contribution in [3.8, 4) is 0 Å². The van der Waals surface area contributed by atoms with E-state index in [9.17, 15) is 4.79 Å². The fourth-order valence-corrected chi connectivity index (χ4v) is 4.19. The summed E-state index contributed by atoms with van der Waals surface area (Å²) in [5.74, 6) is 0.966. The molecule has 29 heavy (non-hydrogen) atoms. The van der Waals surface area contributed by atoms with Gasteiger partial charge in [-0.1, -0.05) is 60.7 Å². The molecular weight excluding hydrogens is 358 g/mol. The van der Waals surface area contributed by atoms with Gasteiger partial charge in [-0.25, -0.2) is 4.98 Å². The van der Waals surface area contributed by atoms with E-state index in [-0.39, 0.29) is 5.56 Å². The van der Waals surface area contributed by atoms with Gasteiger partial charge in [-0.15, -0.1) is 0 Å². The monoisotopic (exact) mass is 387 g/mol. The van der Waals surface area contributed by atoms with E-state index >= 15 is 0 Å². The molecule has 1 aromatic heterocycles. The Labute approximate surface area is 172 Å². The maximum atomic E-state index is 13.1. The van der Waals surface area contributed by atoms with Crippen molar-refractivity contribution < 1.29 is 0 Å². The van der Waals surface area contributed by atoms with Gasteiger partial charge in [0.05, 0.1) is 0 Å². The Bertz CT molecular complexity index is 954. The molecule has 3 aromatic rings. The fraction of sp³-hybridized carbons (Fsp3) is 0.360. The predicted octanol–water partition coefficient (Wildman–Crippen LogP) is 4.13. The van der Waals surface area contributed by atoms with Gasteiger partial charge >= 0.3 is 0 Å². The van der Waals surface area contributed by atoms with Gasteiger partial charge in [-0.2, -0.15) is 0 Å². The van der Waals surface area contributed by atoms with E-state index in [4.69, 9.17) is 4.98 Å². The van der Waals surface area contributed by atoms with Crippen molar-refractivity contribution >= 4 is 0 Å². The Morgan fingerprint density at radius 3 is 2.17 bits per heavy atom. The van der Waals surface area contributed by atoms with Crippen LogP contribution in [0, 0.1) is 6.92 Å². The number of hydrogen-bond acceptors (Lipinski definition) is 3. The molecule has 0 fully saturated rings. The van der Waals surface area contributed by atoms with Gasteiger partial charge in [0.1, 0.15) is 5.82 Å². The molecule has 2 aromatic carbocycles. The van der Waals surface area contributed by atoms with E-state index in [2.05, 4.69) is 53.4 Å². The lowest BCUT2D eigenvalue weighted by Crippen LogP contribution is -2.34. The van der Waals surface area contributed by atoms with Crippen molar-refractivity contribution in [2.75, 3.05) is 6.54 Å². The first-order chi connectivity index (χ1) is 14.2. The molecule has 4 rings (SSSR count). The Morgan fingerprint density at radius 2 is 1.55 bits per heavy atom. The minimum atomic E-state index is 0.173. The maximum absolute atomic E-state index is 13.1. The second-order valence-corrected chi connectivity index (χ2v) is 7.94. The second kappa shape index (κ2) is 9.19. The molecule has 0 unspecified atom stereocenters. The van der Waals surface area contributed by atoms with Crippen molar-refractivity contribution in [1.29, 1.82) is 0 Å². The van der Waals surface area contributed by atoms with Gasteiger partial charge in [0.25, 0.3) is 5.56 Å². The van der Waals surface area contributed by atoms with Gasteiger partial charge in [0.2, 0.25) is 0 Å². The van der Waals surface area contributed by atoms with Crippen molar-refractivity contribution in [3.63, 3.8) is 0 Å². The molecule has 4 heteroatoms. The van der Waals surface area contributed by atoms with Crippen LogP contribution >= 0.6 is 0 Å². The molecule has 0 saturated carbocycles. The minimum Gasteiger partial charge on any atom is -0.296 e. The number of aromatic nitrogens is 2. The van der Waals surface area contributed by atoms with Crippen LogP contribution < -0.4 is 5.56 Å². The largest absolute Gasteiger partial charge is 0.296 e. The molecule has 150 valence electrons. The molecule has 1 aliphatic rings. The first kappa shape index (κ1) is 19.6. The minimum absolute atomic E-state index is 0.173. The Morgan fingerprint density at radius 1 is 0.931 bits per heavy atom. The molecule has 0 atom stereocenters. The van der Waals surface area contributed by atoms with Crippen molar-refractivity contribution in [3.05, 3.63) is 99.2 Å². The van der Waals surface area contributed by atoms with Gasteiger partial charge in [-0.3, -0.25) is 14.3 Å². The van der Waals surface area contributed by atoms with Crippen LogP contribution in [0.1, 0.15) is 41.1 Å². The van der Waals surface area contributed by atoms with Crippen LogP contribution in [-0.4, -0.2) is 21.0 Å². The molecule has 2 heterocycles. The van der Waals surface area contributed by atoms with E-state index in [1.54, 1.807) is 0 Å². The van der Waals surface area contributed by atoms with Crippen LogP contribution in [0.2, 0.25) is 0 Å². The summed E-state index contributed by atoms with van der Waals surface area (Å²) in [5.41, 5.74) is 4.54. The molecule has 0 aliphatic carbocycles. The molecule has 4 nitrogen and oxygen atoms in total. The number of rotatable bonds is 7. The summed E-state index contributed by atoms with van der Waals surface area (Å²) in [4.78, 5) is 20.3. The predicted molar refractivity (Wildman–Crippen MR) is 117 cm³/mol. The van der Waals surface area contributed by atoms with E-state index in [1.807, 2.05) is 23.6 Å². The molecule has 0 radical (unpaired) electrons. The fourth-order valence-electron chi connectivity index (χ4n) is 4.19. The summed E-state index contributed by atoms with van der Waals surface area (Å²) in [6.07, 6.45) is 3.86. The third-order valence-corrected chi connectivity index (χ3v) is 5.76. The number of fused-ring (bicyclic) bond motifs is 1. The number of benzene rings is 2. The number of nitrogens with zero attached hydrogens (tertiary/aromatic N) is 3. The van der Waals surface area contributed by atoms with Crippen LogP contribution in [0.25, 0.3) is 0 Å². The topological polar surface area (TPSA) is 38.1 Å². The average molecular weight is 388 g/mol. The van der Waals surface area contributed by atoms with Crippen LogP contribution in [-0.2, 0) is 32.5 Å². The summed E-state index contributed by atoms with van der Waals surface area (Å²) in [7, 11) is 0. The lowest BCUT2D eigenvalue weighted by Gasteiger charge is -2.24. The van der Waals surface area contributed by atoms with Crippen LogP contribution in [0.3, 0.4) is 0 Å². The summed E-state index contributed by atoms with van der Waals surface area (Å²) in [6.45, 7) is 5.38. The van der Waals surface area contributed by atoms with Crippen molar-refractivity contribution in [2.45, 2.75) is 52.2 Å². The molecule has 0 saturated heterocycles. The van der Waals surface area contributed by atoms with Gasteiger partial charge in [0.15, 0.2) is 0 Å². The second-order valence-electron chi connectivity index (χ2n) is 7.94. The number of aryl methyl sites for hydroxylation is 2.